The topological polar surface area (TPSA) is 89.2 Å². The summed E-state index contributed by atoms with van der Waals surface area (Å²) in [4.78, 5) is 4.90. The summed E-state index contributed by atoms with van der Waals surface area (Å²) in [6, 6.07) is 17.4. The van der Waals surface area contributed by atoms with Crippen LogP contribution in [0.5, 0.6) is 0 Å². The van der Waals surface area contributed by atoms with Gasteiger partial charge in [-0.25, -0.2) is 13.4 Å². The first kappa shape index (κ1) is 20.6. The van der Waals surface area contributed by atoms with Gasteiger partial charge in [0, 0.05) is 6.54 Å². The first-order chi connectivity index (χ1) is 15.4. The highest BCUT2D eigenvalue weighted by atomic mass is 32.2. The third kappa shape index (κ3) is 3.53. The van der Waals surface area contributed by atoms with Crippen LogP contribution in [0.15, 0.2) is 69.9 Å². The van der Waals surface area contributed by atoms with E-state index in [9.17, 15) is 8.42 Å². The number of aryl methyl sites for hydroxylation is 2. The van der Waals surface area contributed by atoms with E-state index in [1.54, 1.807) is 19.1 Å². The first-order valence-electron chi connectivity index (χ1n) is 10.2. The third-order valence-electron chi connectivity index (χ3n) is 5.36. The number of benzene rings is 2. The normalized spacial score (nSPS) is 11.9. The number of anilines is 1. The number of hydrogen-bond donors (Lipinski definition) is 1. The van der Waals surface area contributed by atoms with Gasteiger partial charge in [0.1, 0.15) is 5.82 Å². The highest BCUT2D eigenvalue weighted by Crippen LogP contribution is 2.32. The molecule has 0 bridgehead atoms. The first-order valence-corrected chi connectivity index (χ1v) is 12.5. The summed E-state index contributed by atoms with van der Waals surface area (Å²) >= 11 is 1.53. The van der Waals surface area contributed by atoms with Crippen molar-refractivity contribution in [1.29, 1.82) is 0 Å². The molecule has 7 nitrogen and oxygen atoms in total. The lowest BCUT2D eigenvalue weighted by molar-refractivity contribution is 0.592. The second kappa shape index (κ2) is 7.99. The van der Waals surface area contributed by atoms with E-state index >= 15 is 0 Å². The fourth-order valence-corrected chi connectivity index (χ4v) is 6.08. The Morgan fingerprint density at radius 2 is 1.88 bits per heavy atom. The van der Waals surface area contributed by atoms with Crippen molar-refractivity contribution in [2.24, 2.45) is 0 Å². The van der Waals surface area contributed by atoms with Crippen molar-refractivity contribution in [2.75, 3.05) is 11.9 Å². The number of nitrogens with one attached hydrogen (secondary N) is 1. The minimum absolute atomic E-state index is 0.134. The quantitative estimate of drug-likeness (QED) is 0.400. The summed E-state index contributed by atoms with van der Waals surface area (Å²) in [5.74, 6) is 0.637. The average molecular weight is 464 g/mol. The number of sulfone groups is 1. The Labute approximate surface area is 189 Å². The number of fused-ring (bicyclic) bond motifs is 3. The van der Waals surface area contributed by atoms with Crippen molar-refractivity contribution in [2.45, 2.75) is 30.2 Å². The van der Waals surface area contributed by atoms with Gasteiger partial charge in [-0.15, -0.1) is 16.4 Å². The minimum atomic E-state index is -3.89. The zero-order valence-corrected chi connectivity index (χ0v) is 19.2. The maximum absolute atomic E-state index is 13.5. The molecule has 0 aliphatic carbocycles. The van der Waals surface area contributed by atoms with Crippen LogP contribution in [0.3, 0.4) is 0 Å². The van der Waals surface area contributed by atoms with E-state index in [2.05, 4.69) is 32.7 Å². The molecule has 0 aliphatic heterocycles. The molecule has 0 fully saturated rings. The van der Waals surface area contributed by atoms with E-state index in [1.807, 2.05) is 42.6 Å². The fourth-order valence-electron chi connectivity index (χ4n) is 3.69. The molecule has 3 aromatic heterocycles. The van der Waals surface area contributed by atoms with E-state index < -0.39 is 9.84 Å². The molecule has 5 rings (SSSR count). The molecule has 3 heterocycles. The molecule has 5 aromatic rings. The summed E-state index contributed by atoms with van der Waals surface area (Å²) < 4.78 is 29.4. The highest BCUT2D eigenvalue weighted by Gasteiger charge is 2.28. The summed E-state index contributed by atoms with van der Waals surface area (Å²) in [7, 11) is -3.89. The molecule has 0 atom stereocenters. The maximum atomic E-state index is 13.5. The molecule has 0 unspecified atom stereocenters. The molecule has 0 radical (unpaired) electrons. The minimum Gasteiger partial charge on any atom is -0.368 e. The number of thiophene rings is 1. The molecule has 0 aliphatic rings. The number of rotatable bonds is 6. The van der Waals surface area contributed by atoms with Crippen molar-refractivity contribution in [3.63, 3.8) is 0 Å². The summed E-state index contributed by atoms with van der Waals surface area (Å²) in [6.45, 7) is 4.31. The molecule has 32 heavy (non-hydrogen) atoms. The number of nitrogens with zero attached hydrogens (tertiary/aromatic N) is 4. The van der Waals surface area contributed by atoms with Crippen LogP contribution < -0.4 is 5.32 Å². The van der Waals surface area contributed by atoms with Crippen molar-refractivity contribution in [1.82, 2.24) is 19.8 Å². The Kier molecular flexibility index (Phi) is 5.15. The molecule has 162 valence electrons. The lowest BCUT2D eigenvalue weighted by Crippen LogP contribution is -2.09. The van der Waals surface area contributed by atoms with Gasteiger partial charge in [0.2, 0.25) is 14.9 Å². The Bertz CT molecular complexity index is 1540. The van der Waals surface area contributed by atoms with Gasteiger partial charge in [-0.3, -0.25) is 0 Å². The molecule has 0 saturated heterocycles. The van der Waals surface area contributed by atoms with Crippen LogP contribution in [0.1, 0.15) is 16.7 Å². The number of hydrogen-bond acceptors (Lipinski definition) is 7. The zero-order chi connectivity index (χ0) is 22.3. The Balaban J connectivity index is 1.59. The molecular formula is C23H21N5O2S2. The molecule has 0 saturated carbocycles. The van der Waals surface area contributed by atoms with Crippen LogP contribution in [0.25, 0.3) is 15.9 Å². The van der Waals surface area contributed by atoms with Crippen LogP contribution >= 0.6 is 11.3 Å². The standard InChI is InChI=1S/C23H21N5O2S2/c1-15-8-9-16(2)19(14-15)32(29,30)23-22-25-21(24-12-10-17-6-4-3-5-7-17)20-18(11-13-31-20)28(22)27-26-23/h3-9,11,13-14H,10,12H2,1-2H3,(H,24,25). The lowest BCUT2D eigenvalue weighted by Gasteiger charge is -2.09. The summed E-state index contributed by atoms with van der Waals surface area (Å²) in [6.07, 6.45) is 0.825. The van der Waals surface area contributed by atoms with Gasteiger partial charge in [0.05, 0.1) is 15.1 Å². The van der Waals surface area contributed by atoms with Gasteiger partial charge in [-0.1, -0.05) is 47.7 Å². The van der Waals surface area contributed by atoms with Gasteiger partial charge in [-0.2, -0.15) is 4.52 Å². The van der Waals surface area contributed by atoms with E-state index in [0.29, 0.717) is 17.9 Å². The average Bonchev–Trinajstić information content (AvgIpc) is 3.43. The van der Waals surface area contributed by atoms with Gasteiger partial charge < -0.3 is 5.32 Å². The van der Waals surface area contributed by atoms with Crippen LogP contribution in [-0.4, -0.2) is 34.8 Å². The third-order valence-corrected chi connectivity index (χ3v) is 8.06. The Morgan fingerprint density at radius 3 is 2.69 bits per heavy atom. The molecule has 2 aromatic carbocycles. The molecule has 0 spiro atoms. The molecular weight excluding hydrogens is 442 g/mol. The predicted molar refractivity (Wildman–Crippen MR) is 126 cm³/mol. The van der Waals surface area contributed by atoms with Crippen molar-refractivity contribution in [3.8, 4) is 0 Å². The van der Waals surface area contributed by atoms with E-state index in [1.165, 1.54) is 21.4 Å². The molecule has 1 N–H and O–H groups in total. The van der Waals surface area contributed by atoms with E-state index in [0.717, 1.165) is 22.2 Å². The van der Waals surface area contributed by atoms with Crippen LogP contribution in [0.2, 0.25) is 0 Å². The van der Waals surface area contributed by atoms with Gasteiger partial charge in [0.15, 0.2) is 5.65 Å². The maximum Gasteiger partial charge on any atom is 0.229 e. The van der Waals surface area contributed by atoms with Crippen LogP contribution in [0, 0.1) is 13.8 Å². The van der Waals surface area contributed by atoms with E-state index in [4.69, 9.17) is 0 Å². The largest absolute Gasteiger partial charge is 0.368 e. The highest BCUT2D eigenvalue weighted by molar-refractivity contribution is 7.91. The Morgan fingerprint density at radius 1 is 1.06 bits per heavy atom. The van der Waals surface area contributed by atoms with Gasteiger partial charge in [0.25, 0.3) is 0 Å². The lowest BCUT2D eigenvalue weighted by atomic mass is 10.1. The SMILES string of the molecule is Cc1ccc(C)c(S(=O)(=O)c2nnn3c2nc(NCCc2ccccc2)c2sccc23)c1. The van der Waals surface area contributed by atoms with Gasteiger partial charge >= 0.3 is 0 Å². The number of aromatic nitrogens is 4. The van der Waals surface area contributed by atoms with Crippen LogP contribution in [-0.2, 0) is 16.3 Å². The fraction of sp³-hybridized carbons (Fsp3) is 0.174. The summed E-state index contributed by atoms with van der Waals surface area (Å²) in [5.41, 5.74) is 3.74. The smallest absolute Gasteiger partial charge is 0.229 e. The van der Waals surface area contributed by atoms with Crippen molar-refractivity contribution < 1.29 is 8.42 Å². The summed E-state index contributed by atoms with van der Waals surface area (Å²) in [5, 5.41) is 13.4. The van der Waals surface area contributed by atoms with Crippen molar-refractivity contribution >= 4 is 42.9 Å². The van der Waals surface area contributed by atoms with Crippen LogP contribution in [0.4, 0.5) is 5.82 Å². The second-order valence-corrected chi connectivity index (χ2v) is 10.4. The zero-order valence-electron chi connectivity index (χ0n) is 17.6. The monoisotopic (exact) mass is 463 g/mol. The van der Waals surface area contributed by atoms with Crippen molar-refractivity contribution in [3.05, 3.63) is 76.7 Å². The molecule has 9 heteroatoms. The van der Waals surface area contributed by atoms with Gasteiger partial charge in [-0.05, 0) is 54.5 Å². The van der Waals surface area contributed by atoms with E-state index in [-0.39, 0.29) is 15.6 Å². The Hall–Kier alpha value is -3.30. The molecule has 0 amide bonds. The second-order valence-electron chi connectivity index (χ2n) is 7.66. The predicted octanol–water partition coefficient (Wildman–Crippen LogP) is 4.44.